The molecule has 0 bridgehead atoms. The minimum Gasteiger partial charge on any atom is -0.334 e. The van der Waals surface area contributed by atoms with Gasteiger partial charge in [0.05, 0.1) is 0 Å². The Kier molecular flexibility index (Phi) is 4.55. The fourth-order valence-electron chi connectivity index (χ4n) is 2.95. The summed E-state index contributed by atoms with van der Waals surface area (Å²) in [6, 6.07) is 7.94. The number of likely N-dealkylation sites (tertiary alicyclic amines) is 1. The summed E-state index contributed by atoms with van der Waals surface area (Å²) < 4.78 is 0. The summed E-state index contributed by atoms with van der Waals surface area (Å²) in [5.74, 6) is 0.0882. The topological polar surface area (TPSA) is 59.2 Å². The molecule has 1 amide bonds. The fraction of sp³-hybridized carbons (Fsp3) is 0.412. The number of hydrogen-bond donors (Lipinski definition) is 1. The van der Waals surface area contributed by atoms with E-state index in [9.17, 15) is 4.79 Å². The molecule has 5 heteroatoms. The fourth-order valence-corrected chi connectivity index (χ4v) is 3.75. The summed E-state index contributed by atoms with van der Waals surface area (Å²) in [7, 11) is 0. The maximum atomic E-state index is 12.8. The number of piperidine rings is 1. The second-order valence-electron chi connectivity index (χ2n) is 5.76. The third-order valence-corrected chi connectivity index (χ3v) is 5.14. The largest absolute Gasteiger partial charge is 0.334 e. The first-order valence-corrected chi connectivity index (χ1v) is 8.60. The zero-order chi connectivity index (χ0) is 15.5. The molecule has 22 heavy (non-hydrogen) atoms. The van der Waals surface area contributed by atoms with Crippen LogP contribution in [0.15, 0.2) is 29.6 Å². The third kappa shape index (κ3) is 3.05. The SMILES string of the molecule is Cc1csc(-c2cccc(C(=O)N3CCCCC3CN)c2)n1. The molecule has 1 atom stereocenters. The van der Waals surface area contributed by atoms with E-state index in [4.69, 9.17) is 5.73 Å². The highest BCUT2D eigenvalue weighted by Gasteiger charge is 2.26. The van der Waals surface area contributed by atoms with Gasteiger partial charge in [-0.1, -0.05) is 12.1 Å². The van der Waals surface area contributed by atoms with Gasteiger partial charge in [0.15, 0.2) is 0 Å². The van der Waals surface area contributed by atoms with Gasteiger partial charge in [0.1, 0.15) is 5.01 Å². The van der Waals surface area contributed by atoms with Crippen molar-refractivity contribution in [2.45, 2.75) is 32.2 Å². The van der Waals surface area contributed by atoms with Gasteiger partial charge in [0.25, 0.3) is 5.91 Å². The van der Waals surface area contributed by atoms with Crippen molar-refractivity contribution in [3.63, 3.8) is 0 Å². The monoisotopic (exact) mass is 315 g/mol. The standard InChI is InChI=1S/C17H21N3OS/c1-12-11-22-16(19-12)13-5-4-6-14(9-13)17(21)20-8-3-2-7-15(20)10-18/h4-6,9,11,15H,2-3,7-8,10,18H2,1H3. The Balaban J connectivity index is 1.86. The number of thiazole rings is 1. The molecule has 4 nitrogen and oxygen atoms in total. The van der Waals surface area contributed by atoms with E-state index in [1.165, 1.54) is 0 Å². The normalized spacial score (nSPS) is 18.5. The predicted molar refractivity (Wildman–Crippen MR) is 90.0 cm³/mol. The van der Waals surface area contributed by atoms with Crippen molar-refractivity contribution in [1.29, 1.82) is 0 Å². The molecule has 1 aromatic heterocycles. The second-order valence-corrected chi connectivity index (χ2v) is 6.62. The van der Waals surface area contributed by atoms with Crippen LogP contribution in [0, 0.1) is 6.92 Å². The molecular weight excluding hydrogens is 294 g/mol. The van der Waals surface area contributed by atoms with Gasteiger partial charge in [-0.25, -0.2) is 4.98 Å². The average Bonchev–Trinajstić information content (AvgIpc) is 3.01. The quantitative estimate of drug-likeness (QED) is 0.947. The van der Waals surface area contributed by atoms with E-state index in [1.807, 2.05) is 41.5 Å². The maximum Gasteiger partial charge on any atom is 0.254 e. The average molecular weight is 315 g/mol. The van der Waals surface area contributed by atoms with E-state index in [0.29, 0.717) is 6.54 Å². The molecule has 0 aliphatic carbocycles. The lowest BCUT2D eigenvalue weighted by Gasteiger charge is -2.35. The number of rotatable bonds is 3. The number of carbonyl (C=O) groups excluding carboxylic acids is 1. The summed E-state index contributed by atoms with van der Waals surface area (Å²) in [6.07, 6.45) is 3.23. The first-order chi connectivity index (χ1) is 10.7. The van der Waals surface area contributed by atoms with Crippen molar-refractivity contribution in [3.05, 3.63) is 40.9 Å². The van der Waals surface area contributed by atoms with Crippen LogP contribution in [-0.2, 0) is 0 Å². The highest BCUT2D eigenvalue weighted by molar-refractivity contribution is 7.13. The molecule has 2 aromatic rings. The van der Waals surface area contributed by atoms with Crippen LogP contribution in [0.1, 0.15) is 35.3 Å². The van der Waals surface area contributed by atoms with Crippen molar-refractivity contribution >= 4 is 17.2 Å². The lowest BCUT2D eigenvalue weighted by molar-refractivity contribution is 0.0623. The van der Waals surface area contributed by atoms with Crippen LogP contribution in [0.3, 0.4) is 0 Å². The number of carbonyl (C=O) groups is 1. The molecule has 2 N–H and O–H groups in total. The minimum absolute atomic E-state index is 0.0882. The van der Waals surface area contributed by atoms with Crippen LogP contribution in [0.4, 0.5) is 0 Å². The number of amides is 1. The Morgan fingerprint density at radius 2 is 2.32 bits per heavy atom. The molecule has 3 rings (SSSR count). The van der Waals surface area contributed by atoms with E-state index in [1.54, 1.807) is 11.3 Å². The first-order valence-electron chi connectivity index (χ1n) is 7.72. The minimum atomic E-state index is 0.0882. The molecule has 1 saturated heterocycles. The molecule has 0 spiro atoms. The van der Waals surface area contributed by atoms with Crippen LogP contribution in [0.25, 0.3) is 10.6 Å². The van der Waals surface area contributed by atoms with Crippen LogP contribution < -0.4 is 5.73 Å². The summed E-state index contributed by atoms with van der Waals surface area (Å²) in [4.78, 5) is 19.2. The molecule has 1 aliphatic heterocycles. The Bertz CT molecular complexity index is 667. The Morgan fingerprint density at radius 3 is 3.05 bits per heavy atom. The molecule has 116 valence electrons. The number of nitrogens with two attached hydrogens (primary N) is 1. The van der Waals surface area contributed by atoms with Gasteiger partial charge in [-0.3, -0.25) is 4.79 Å². The second kappa shape index (κ2) is 6.58. The molecule has 2 heterocycles. The molecule has 0 saturated carbocycles. The van der Waals surface area contributed by atoms with Crippen LogP contribution in [-0.4, -0.2) is 34.9 Å². The van der Waals surface area contributed by atoms with Gasteiger partial charge in [-0.2, -0.15) is 0 Å². The van der Waals surface area contributed by atoms with E-state index in [-0.39, 0.29) is 11.9 Å². The lowest BCUT2D eigenvalue weighted by atomic mass is 10.0. The van der Waals surface area contributed by atoms with Gasteiger partial charge in [-0.05, 0) is 38.3 Å². The van der Waals surface area contributed by atoms with Gasteiger partial charge < -0.3 is 10.6 Å². The first kappa shape index (κ1) is 15.2. The smallest absolute Gasteiger partial charge is 0.254 e. The molecule has 1 unspecified atom stereocenters. The zero-order valence-electron chi connectivity index (χ0n) is 12.8. The van der Waals surface area contributed by atoms with Gasteiger partial charge in [0, 0.05) is 41.3 Å². The third-order valence-electron chi connectivity index (χ3n) is 4.14. The number of hydrogen-bond acceptors (Lipinski definition) is 4. The zero-order valence-corrected chi connectivity index (χ0v) is 13.6. The van der Waals surface area contributed by atoms with Crippen molar-refractivity contribution in [2.75, 3.05) is 13.1 Å². The molecule has 1 aliphatic rings. The lowest BCUT2D eigenvalue weighted by Crippen LogP contribution is -2.47. The van der Waals surface area contributed by atoms with Crippen molar-refractivity contribution in [3.8, 4) is 10.6 Å². The Hall–Kier alpha value is -1.72. The van der Waals surface area contributed by atoms with Gasteiger partial charge in [0.2, 0.25) is 0 Å². The molecular formula is C17H21N3OS. The maximum absolute atomic E-state index is 12.8. The molecule has 1 aromatic carbocycles. The molecule has 1 fully saturated rings. The molecule has 0 radical (unpaired) electrons. The number of aryl methyl sites for hydroxylation is 1. The van der Waals surface area contributed by atoms with Crippen molar-refractivity contribution in [1.82, 2.24) is 9.88 Å². The van der Waals surface area contributed by atoms with Gasteiger partial charge >= 0.3 is 0 Å². The highest BCUT2D eigenvalue weighted by atomic mass is 32.1. The summed E-state index contributed by atoms with van der Waals surface area (Å²) in [5, 5.41) is 2.99. The number of nitrogens with zero attached hydrogens (tertiary/aromatic N) is 2. The van der Waals surface area contributed by atoms with Gasteiger partial charge in [-0.15, -0.1) is 11.3 Å². The predicted octanol–water partition coefficient (Wildman–Crippen LogP) is 3.07. The summed E-state index contributed by atoms with van der Waals surface area (Å²) >= 11 is 1.61. The van der Waals surface area contributed by atoms with Crippen molar-refractivity contribution in [2.24, 2.45) is 5.73 Å². The number of benzene rings is 1. The summed E-state index contributed by atoms with van der Waals surface area (Å²) in [5.41, 5.74) is 8.57. The van der Waals surface area contributed by atoms with Crippen LogP contribution in [0.5, 0.6) is 0 Å². The van der Waals surface area contributed by atoms with Crippen LogP contribution in [0.2, 0.25) is 0 Å². The highest BCUT2D eigenvalue weighted by Crippen LogP contribution is 2.26. The summed E-state index contributed by atoms with van der Waals surface area (Å²) in [6.45, 7) is 3.33. The Labute approximate surface area is 135 Å². The van der Waals surface area contributed by atoms with E-state index in [2.05, 4.69) is 4.98 Å². The number of aromatic nitrogens is 1. The van der Waals surface area contributed by atoms with E-state index >= 15 is 0 Å². The van der Waals surface area contributed by atoms with Crippen LogP contribution >= 0.6 is 11.3 Å². The van der Waals surface area contributed by atoms with E-state index in [0.717, 1.165) is 47.6 Å². The Morgan fingerprint density at radius 1 is 1.45 bits per heavy atom. The van der Waals surface area contributed by atoms with Crippen molar-refractivity contribution < 1.29 is 4.79 Å². The van der Waals surface area contributed by atoms with E-state index < -0.39 is 0 Å².